The summed E-state index contributed by atoms with van der Waals surface area (Å²) < 4.78 is 9.66. The minimum absolute atomic E-state index is 0.00611. The van der Waals surface area contributed by atoms with E-state index in [1.54, 1.807) is 0 Å². The van der Waals surface area contributed by atoms with E-state index in [0.29, 0.717) is 0 Å². The number of thiophene rings is 1. The number of anilines is 5. The second-order valence-electron chi connectivity index (χ2n) is 26.4. The highest BCUT2D eigenvalue weighted by Crippen LogP contribution is 2.55. The summed E-state index contributed by atoms with van der Waals surface area (Å²) in [5, 5.41) is 9.16. The van der Waals surface area contributed by atoms with E-state index in [9.17, 15) is 0 Å². The zero-order valence-electron chi connectivity index (χ0n) is 45.0. The molecule has 1 N–H and O–H groups in total. The van der Waals surface area contributed by atoms with Crippen molar-refractivity contribution in [1.82, 2.24) is 0 Å². The molecule has 0 saturated carbocycles. The third-order valence-corrected chi connectivity index (χ3v) is 19.9. The van der Waals surface area contributed by atoms with Crippen LogP contribution in [0.15, 0.2) is 114 Å². The summed E-state index contributed by atoms with van der Waals surface area (Å²) in [6, 6.07) is 42.5. The molecule has 72 heavy (non-hydrogen) atoms. The monoisotopic (exact) mass is 962 g/mol. The van der Waals surface area contributed by atoms with E-state index >= 15 is 0 Å². The van der Waals surface area contributed by atoms with Crippen molar-refractivity contribution >= 4 is 100 Å². The Kier molecular flexibility index (Phi) is 9.69. The SMILES string of the molecule is Cc1cc2c(cc1N1c3cc4sc5ccccc5c4c(-c4cc5c(cc4Nc4ccc6c(c4)C(C)(C)CCC6(C)C)C(C)(C)CCC5(C)C)c3[B]c3c1ccc1c3oc3ccccc31)C(C)(C)CCC2(C)C. The number of furan rings is 1. The van der Waals surface area contributed by atoms with Crippen LogP contribution in [0.3, 0.4) is 0 Å². The zero-order valence-corrected chi connectivity index (χ0v) is 45.8. The van der Waals surface area contributed by atoms with Gasteiger partial charge in [0, 0.05) is 64.9 Å². The molecule has 0 amide bonds. The molecule has 363 valence electrons. The Balaban J connectivity index is 1.15. The van der Waals surface area contributed by atoms with Crippen molar-refractivity contribution in [3.63, 3.8) is 0 Å². The number of benzene rings is 7. The van der Waals surface area contributed by atoms with Crippen LogP contribution in [0.4, 0.5) is 28.4 Å². The fraction of sp³-hybridized carbons (Fsp3) is 0.373. The Morgan fingerprint density at radius 2 is 1.06 bits per heavy atom. The standard InChI is InChI=1S/C67H70BN2OS/c1-38-32-45-49(67(12,13)31-28-63(45,4)5)36-52(38)70-51-25-23-41-40-18-14-16-20-54(40)71-61(41)60(51)68-59-53(70)37-56-57(42-19-15-17-21-55(42)72-56)58(59)43-34-47-48(66(10,11)30-29-65(47,8)9)35-50(43)69-39-22-24-44-46(33-39)64(6,7)27-26-62(44,2)3/h14-25,32-37,69H,26-31H2,1-13H3. The number of para-hydroxylation sites is 1. The first-order chi connectivity index (χ1) is 34.0. The number of hydrogen-bond donors (Lipinski definition) is 1. The van der Waals surface area contributed by atoms with Crippen LogP contribution in [-0.4, -0.2) is 7.28 Å². The molecule has 4 aliphatic rings. The number of nitrogens with zero attached hydrogens (tertiary/aromatic N) is 1. The van der Waals surface area contributed by atoms with Crippen molar-refractivity contribution < 1.29 is 4.42 Å². The van der Waals surface area contributed by atoms with E-state index in [4.69, 9.17) is 4.42 Å². The topological polar surface area (TPSA) is 28.4 Å². The molecule has 0 bridgehead atoms. The van der Waals surface area contributed by atoms with Gasteiger partial charge in [-0.15, -0.1) is 11.3 Å². The minimum atomic E-state index is -0.00611. The summed E-state index contributed by atoms with van der Waals surface area (Å²) in [6.45, 7) is 31.8. The van der Waals surface area contributed by atoms with Crippen LogP contribution in [-0.2, 0) is 32.5 Å². The normalized spacial score (nSPS) is 19.6. The van der Waals surface area contributed by atoms with Crippen LogP contribution in [0.5, 0.6) is 0 Å². The molecular weight excluding hydrogens is 892 g/mol. The Morgan fingerprint density at radius 1 is 0.486 bits per heavy atom. The number of aryl methyl sites for hydroxylation is 1. The summed E-state index contributed by atoms with van der Waals surface area (Å²) in [6.07, 6.45) is 6.99. The fourth-order valence-electron chi connectivity index (χ4n) is 13.9. The van der Waals surface area contributed by atoms with Crippen molar-refractivity contribution in [3.8, 4) is 11.1 Å². The van der Waals surface area contributed by atoms with Gasteiger partial charge in [0.05, 0.1) is 0 Å². The highest BCUT2D eigenvalue weighted by atomic mass is 32.1. The molecule has 1 radical (unpaired) electrons. The van der Waals surface area contributed by atoms with Gasteiger partial charge in [-0.25, -0.2) is 0 Å². The highest BCUT2D eigenvalue weighted by Gasteiger charge is 2.42. The summed E-state index contributed by atoms with van der Waals surface area (Å²) in [7, 11) is 2.51. The molecule has 1 aliphatic heterocycles. The van der Waals surface area contributed by atoms with E-state index < -0.39 is 0 Å². The smallest absolute Gasteiger partial charge is 0.203 e. The first-order valence-corrected chi connectivity index (χ1v) is 27.7. The average Bonchev–Trinajstić information content (AvgIpc) is 3.91. The van der Waals surface area contributed by atoms with Gasteiger partial charge in [-0.3, -0.25) is 0 Å². The largest absolute Gasteiger partial charge is 0.457 e. The van der Waals surface area contributed by atoms with Crippen molar-refractivity contribution in [2.45, 2.75) is 161 Å². The van der Waals surface area contributed by atoms with Crippen LogP contribution < -0.4 is 21.1 Å². The molecule has 3 heterocycles. The molecule has 0 atom stereocenters. The zero-order chi connectivity index (χ0) is 50.2. The van der Waals surface area contributed by atoms with Crippen molar-refractivity contribution in [1.29, 1.82) is 0 Å². The molecule has 9 aromatic rings. The number of fused-ring (bicyclic) bond motifs is 12. The number of hydrogen-bond acceptors (Lipinski definition) is 4. The Bertz CT molecular complexity index is 3800. The van der Waals surface area contributed by atoms with Gasteiger partial charge in [0.1, 0.15) is 11.2 Å². The van der Waals surface area contributed by atoms with Gasteiger partial charge in [-0.2, -0.15) is 0 Å². The second-order valence-corrected chi connectivity index (χ2v) is 27.5. The molecule has 0 spiro atoms. The molecule has 5 heteroatoms. The van der Waals surface area contributed by atoms with Crippen LogP contribution in [0.1, 0.15) is 161 Å². The third-order valence-electron chi connectivity index (χ3n) is 18.8. The summed E-state index contributed by atoms with van der Waals surface area (Å²) in [5.41, 5.74) is 23.1. The molecule has 0 fully saturated rings. The molecule has 0 saturated heterocycles. The number of nitrogens with one attached hydrogen (secondary N) is 1. The second kappa shape index (κ2) is 15.2. The maximum absolute atomic E-state index is 7.06. The van der Waals surface area contributed by atoms with Crippen LogP contribution in [0.2, 0.25) is 0 Å². The summed E-state index contributed by atoms with van der Waals surface area (Å²) in [4.78, 5) is 2.63. The van der Waals surface area contributed by atoms with Gasteiger partial charge in [0.25, 0.3) is 0 Å². The van der Waals surface area contributed by atoms with Crippen molar-refractivity contribution in [3.05, 3.63) is 148 Å². The first-order valence-electron chi connectivity index (χ1n) is 26.9. The van der Waals surface area contributed by atoms with Crippen LogP contribution in [0, 0.1) is 6.92 Å². The van der Waals surface area contributed by atoms with Gasteiger partial charge >= 0.3 is 0 Å². The van der Waals surface area contributed by atoms with Gasteiger partial charge < -0.3 is 14.6 Å². The van der Waals surface area contributed by atoms with Gasteiger partial charge in [-0.05, 0) is 194 Å². The molecule has 0 unspecified atom stereocenters. The average molecular weight is 962 g/mol. The van der Waals surface area contributed by atoms with Crippen molar-refractivity contribution in [2.24, 2.45) is 0 Å². The summed E-state index contributed by atoms with van der Waals surface area (Å²) in [5.74, 6) is 0. The van der Waals surface area contributed by atoms with Gasteiger partial charge in [-0.1, -0.05) is 132 Å². The molecular formula is C67H70BN2OS. The predicted octanol–water partition coefficient (Wildman–Crippen LogP) is 18.2. The van der Waals surface area contributed by atoms with Crippen LogP contribution >= 0.6 is 11.3 Å². The molecule has 3 aliphatic carbocycles. The van der Waals surface area contributed by atoms with E-state index in [0.717, 1.165) is 58.0 Å². The van der Waals surface area contributed by atoms with Crippen molar-refractivity contribution in [2.75, 3.05) is 10.2 Å². The fourth-order valence-corrected chi connectivity index (χ4v) is 15.0. The lowest BCUT2D eigenvalue weighted by Gasteiger charge is -2.44. The lowest BCUT2D eigenvalue weighted by atomic mass is 9.57. The van der Waals surface area contributed by atoms with Gasteiger partial charge in [0.2, 0.25) is 7.28 Å². The maximum atomic E-state index is 7.06. The highest BCUT2D eigenvalue weighted by molar-refractivity contribution is 7.26. The molecule has 13 rings (SSSR count). The van der Waals surface area contributed by atoms with E-state index in [1.807, 2.05) is 11.3 Å². The molecule has 2 aromatic heterocycles. The maximum Gasteiger partial charge on any atom is 0.203 e. The Morgan fingerprint density at radius 3 is 1.74 bits per heavy atom. The molecule has 3 nitrogen and oxygen atoms in total. The minimum Gasteiger partial charge on any atom is -0.457 e. The first kappa shape index (κ1) is 46.0. The summed E-state index contributed by atoms with van der Waals surface area (Å²) >= 11 is 1.93. The van der Waals surface area contributed by atoms with Gasteiger partial charge in [0.15, 0.2) is 0 Å². The van der Waals surface area contributed by atoms with E-state index in [2.05, 4.69) is 217 Å². The van der Waals surface area contributed by atoms with Crippen LogP contribution in [0.25, 0.3) is 53.2 Å². The predicted molar refractivity (Wildman–Crippen MR) is 312 cm³/mol. The number of rotatable bonds is 4. The van der Waals surface area contributed by atoms with E-state index in [-0.39, 0.29) is 32.5 Å². The Labute approximate surface area is 432 Å². The lowest BCUT2D eigenvalue weighted by Crippen LogP contribution is -2.42. The Hall–Kier alpha value is -5.78. The lowest BCUT2D eigenvalue weighted by molar-refractivity contribution is 0.332. The molecule has 7 aromatic carbocycles. The quantitative estimate of drug-likeness (QED) is 0.178. The third kappa shape index (κ3) is 6.74. The van der Waals surface area contributed by atoms with E-state index in [1.165, 1.54) is 112 Å².